The van der Waals surface area contributed by atoms with Crippen LogP contribution in [-0.4, -0.2) is 47.1 Å². The molecule has 0 aliphatic carbocycles. The van der Waals surface area contributed by atoms with Crippen LogP contribution >= 0.6 is 11.8 Å². The van der Waals surface area contributed by atoms with E-state index in [0.717, 1.165) is 0 Å². The van der Waals surface area contributed by atoms with Crippen LogP contribution < -0.4 is 9.64 Å². The molecule has 1 heterocycles. The van der Waals surface area contributed by atoms with E-state index in [4.69, 9.17) is 9.47 Å². The number of thioether (sulfide) groups is 1. The van der Waals surface area contributed by atoms with Gasteiger partial charge in [-0.05, 0) is 20.1 Å². The fraction of sp³-hybridized carbons (Fsp3) is 0.500. The van der Waals surface area contributed by atoms with Crippen LogP contribution in [0, 0.1) is 0 Å². The third kappa shape index (κ3) is 4.37. The molecule has 7 nitrogen and oxygen atoms in total. The summed E-state index contributed by atoms with van der Waals surface area (Å²) in [5.41, 5.74) is 0. The zero-order chi connectivity index (χ0) is 15.0. The van der Waals surface area contributed by atoms with Gasteiger partial charge in [-0.1, -0.05) is 17.8 Å². The number of hydrogen-bond donors (Lipinski definition) is 0. The van der Waals surface area contributed by atoms with Crippen molar-refractivity contribution in [3.05, 3.63) is 12.7 Å². The normalized spacial score (nSPS) is 9.95. The zero-order valence-corrected chi connectivity index (χ0v) is 12.6. The zero-order valence-electron chi connectivity index (χ0n) is 11.8. The van der Waals surface area contributed by atoms with Crippen molar-refractivity contribution in [2.24, 2.45) is 0 Å². The summed E-state index contributed by atoms with van der Waals surface area (Å²) in [5, 5.41) is 0.469. The summed E-state index contributed by atoms with van der Waals surface area (Å²) < 4.78 is 10.3. The highest BCUT2D eigenvalue weighted by Gasteiger charge is 2.20. The van der Waals surface area contributed by atoms with Gasteiger partial charge in [-0.2, -0.15) is 15.0 Å². The maximum absolute atomic E-state index is 11.9. The predicted octanol–water partition coefficient (Wildman–Crippen LogP) is 2.14. The smallest absolute Gasteiger partial charge is 0.416 e. The monoisotopic (exact) mass is 298 g/mol. The molecule has 0 fully saturated rings. The van der Waals surface area contributed by atoms with Gasteiger partial charge in [0.25, 0.3) is 0 Å². The van der Waals surface area contributed by atoms with E-state index in [2.05, 4.69) is 21.5 Å². The third-order valence-electron chi connectivity index (χ3n) is 2.08. The lowest BCUT2D eigenvalue weighted by Crippen LogP contribution is -2.33. The Bertz CT molecular complexity index is 470. The molecule has 0 N–H and O–H groups in total. The molecule has 0 bridgehead atoms. The Morgan fingerprint density at radius 1 is 1.35 bits per heavy atom. The minimum atomic E-state index is -0.534. The van der Waals surface area contributed by atoms with Gasteiger partial charge < -0.3 is 9.47 Å². The van der Waals surface area contributed by atoms with Crippen LogP contribution in [0.2, 0.25) is 0 Å². The maximum Gasteiger partial charge on any atom is 0.416 e. The highest BCUT2D eigenvalue weighted by molar-refractivity contribution is 7.98. The van der Waals surface area contributed by atoms with Gasteiger partial charge in [-0.25, -0.2) is 9.69 Å². The van der Waals surface area contributed by atoms with Gasteiger partial charge in [-0.15, -0.1) is 6.58 Å². The molecule has 0 aromatic carbocycles. The van der Waals surface area contributed by atoms with Gasteiger partial charge in [0, 0.05) is 0 Å². The highest BCUT2D eigenvalue weighted by Crippen LogP contribution is 2.18. The molecule has 0 atom stereocenters. The van der Waals surface area contributed by atoms with E-state index in [1.165, 1.54) is 16.7 Å². The first-order valence-electron chi connectivity index (χ1n) is 6.14. The van der Waals surface area contributed by atoms with Crippen LogP contribution in [0.25, 0.3) is 0 Å². The van der Waals surface area contributed by atoms with E-state index in [1.807, 2.05) is 13.2 Å². The Hall–Kier alpha value is -1.83. The molecule has 20 heavy (non-hydrogen) atoms. The molecule has 8 heteroatoms. The van der Waals surface area contributed by atoms with Crippen molar-refractivity contribution in [2.45, 2.75) is 19.0 Å². The second kappa shape index (κ2) is 8.36. The van der Waals surface area contributed by atoms with E-state index in [1.54, 1.807) is 13.0 Å². The summed E-state index contributed by atoms with van der Waals surface area (Å²) in [6.07, 6.45) is 2.87. The number of carbonyl (C=O) groups is 1. The number of nitrogens with zero attached hydrogens (tertiary/aromatic N) is 4. The highest BCUT2D eigenvalue weighted by atomic mass is 32.2. The second-order valence-corrected chi connectivity index (χ2v) is 4.21. The van der Waals surface area contributed by atoms with Crippen LogP contribution in [0.15, 0.2) is 17.8 Å². The van der Waals surface area contributed by atoms with E-state index in [9.17, 15) is 4.79 Å². The minimum absolute atomic E-state index is 0.181. The van der Waals surface area contributed by atoms with Gasteiger partial charge in [0.15, 0.2) is 5.16 Å². The number of aromatic nitrogens is 3. The molecule has 110 valence electrons. The summed E-state index contributed by atoms with van der Waals surface area (Å²) in [7, 11) is 0. The topological polar surface area (TPSA) is 77.4 Å². The largest absolute Gasteiger partial charge is 0.464 e. The summed E-state index contributed by atoms with van der Waals surface area (Å²) in [6.45, 7) is 8.11. The average Bonchev–Trinajstić information content (AvgIpc) is 2.44. The molecule has 1 amide bonds. The van der Waals surface area contributed by atoms with Gasteiger partial charge >= 0.3 is 12.1 Å². The number of amides is 1. The van der Waals surface area contributed by atoms with E-state index in [-0.39, 0.29) is 25.1 Å². The van der Waals surface area contributed by atoms with Gasteiger partial charge in [0.2, 0.25) is 5.95 Å². The van der Waals surface area contributed by atoms with Crippen LogP contribution in [0.1, 0.15) is 13.8 Å². The number of carbonyl (C=O) groups excluding carboxylic acids is 1. The molecule has 0 radical (unpaired) electrons. The molecule has 1 aromatic heterocycles. The fourth-order valence-electron chi connectivity index (χ4n) is 1.30. The number of rotatable bonds is 7. The van der Waals surface area contributed by atoms with E-state index in [0.29, 0.717) is 11.8 Å². The maximum atomic E-state index is 11.9. The van der Waals surface area contributed by atoms with Crippen LogP contribution in [0.5, 0.6) is 6.01 Å². The summed E-state index contributed by atoms with van der Waals surface area (Å²) >= 11 is 1.34. The van der Waals surface area contributed by atoms with Crippen LogP contribution in [0.3, 0.4) is 0 Å². The Kier molecular flexibility index (Phi) is 6.78. The molecule has 0 spiro atoms. The standard InChI is InChI=1S/C12H18N4O3S/c1-5-8-16(12(17)19-7-3)9-13-10(18-6-2)15-11(14-9)20-4/h5H,1,6-8H2,2-4H3. The van der Waals surface area contributed by atoms with Crippen molar-refractivity contribution < 1.29 is 14.3 Å². The summed E-state index contributed by atoms with van der Waals surface area (Å²) in [6, 6.07) is 0.181. The molecule has 1 aromatic rings. The molecular formula is C12H18N4O3S. The first kappa shape index (κ1) is 16.2. The predicted molar refractivity (Wildman–Crippen MR) is 77.3 cm³/mol. The number of ether oxygens (including phenoxy) is 2. The molecule has 0 unspecified atom stereocenters. The Labute approximate surface area is 122 Å². The van der Waals surface area contributed by atoms with Gasteiger partial charge in [0.05, 0.1) is 19.8 Å². The van der Waals surface area contributed by atoms with Gasteiger partial charge in [-0.3, -0.25) is 0 Å². The molecular weight excluding hydrogens is 280 g/mol. The lowest BCUT2D eigenvalue weighted by atomic mass is 10.5. The van der Waals surface area contributed by atoms with Crippen molar-refractivity contribution in [1.29, 1.82) is 0 Å². The number of hydrogen-bond acceptors (Lipinski definition) is 7. The minimum Gasteiger partial charge on any atom is -0.464 e. The fourth-order valence-corrected chi connectivity index (χ4v) is 1.64. The second-order valence-electron chi connectivity index (χ2n) is 3.44. The Balaban J connectivity index is 3.13. The van der Waals surface area contributed by atoms with Crippen molar-refractivity contribution in [3.63, 3.8) is 0 Å². The molecule has 1 rings (SSSR count). The quantitative estimate of drug-likeness (QED) is 0.563. The van der Waals surface area contributed by atoms with Crippen molar-refractivity contribution in [3.8, 4) is 6.01 Å². The first-order chi connectivity index (χ1) is 9.65. The average molecular weight is 298 g/mol. The molecule has 0 aliphatic rings. The third-order valence-corrected chi connectivity index (χ3v) is 2.63. The van der Waals surface area contributed by atoms with Crippen molar-refractivity contribution in [1.82, 2.24) is 15.0 Å². The molecule has 0 saturated heterocycles. The van der Waals surface area contributed by atoms with Crippen molar-refractivity contribution in [2.75, 3.05) is 30.9 Å². The van der Waals surface area contributed by atoms with Crippen molar-refractivity contribution >= 4 is 23.8 Å². The lowest BCUT2D eigenvalue weighted by molar-refractivity contribution is 0.160. The molecule has 0 aliphatic heterocycles. The van der Waals surface area contributed by atoms with Crippen LogP contribution in [0.4, 0.5) is 10.7 Å². The summed E-state index contributed by atoms with van der Waals surface area (Å²) in [4.78, 5) is 25.6. The Morgan fingerprint density at radius 2 is 2.10 bits per heavy atom. The number of anilines is 1. The first-order valence-corrected chi connectivity index (χ1v) is 7.36. The molecule has 0 saturated carbocycles. The van der Waals surface area contributed by atoms with Gasteiger partial charge in [0.1, 0.15) is 0 Å². The van der Waals surface area contributed by atoms with Crippen LogP contribution in [-0.2, 0) is 4.74 Å². The lowest BCUT2D eigenvalue weighted by Gasteiger charge is -2.18. The van der Waals surface area contributed by atoms with E-state index >= 15 is 0 Å². The van der Waals surface area contributed by atoms with E-state index < -0.39 is 6.09 Å². The Morgan fingerprint density at radius 3 is 2.65 bits per heavy atom. The SMILES string of the molecule is C=CCN(C(=O)OCC)c1nc(OCC)nc(SC)n1. The summed E-state index contributed by atoms with van der Waals surface area (Å²) in [5.74, 6) is 0.186.